The van der Waals surface area contributed by atoms with Crippen LogP contribution in [0.15, 0.2) is 23.3 Å². The molecular formula is C16H27IN4O. The van der Waals surface area contributed by atoms with Gasteiger partial charge < -0.3 is 15.4 Å². The van der Waals surface area contributed by atoms with E-state index in [-0.39, 0.29) is 24.0 Å². The molecule has 6 heteroatoms. The Kier molecular flexibility index (Phi) is 9.19. The fourth-order valence-electron chi connectivity index (χ4n) is 1.92. The molecule has 1 aromatic rings. The first-order valence-corrected chi connectivity index (χ1v) is 7.84. The van der Waals surface area contributed by atoms with E-state index in [4.69, 9.17) is 4.74 Å². The average Bonchev–Trinajstić information content (AvgIpc) is 3.33. The molecule has 0 atom stereocenters. The van der Waals surface area contributed by atoms with Crippen LogP contribution in [0.2, 0.25) is 0 Å². The summed E-state index contributed by atoms with van der Waals surface area (Å²) in [4.78, 5) is 8.46. The highest BCUT2D eigenvalue weighted by Crippen LogP contribution is 2.29. The molecule has 0 unspecified atom stereocenters. The Labute approximate surface area is 150 Å². The zero-order valence-electron chi connectivity index (χ0n) is 13.5. The second kappa shape index (κ2) is 10.6. The molecular weight excluding hydrogens is 391 g/mol. The first-order valence-electron chi connectivity index (χ1n) is 7.84. The summed E-state index contributed by atoms with van der Waals surface area (Å²) in [7, 11) is 1.79. The molecule has 1 aromatic heterocycles. The van der Waals surface area contributed by atoms with Crippen molar-refractivity contribution in [2.75, 3.05) is 20.2 Å². The van der Waals surface area contributed by atoms with Crippen LogP contribution in [0.5, 0.6) is 5.88 Å². The van der Waals surface area contributed by atoms with Gasteiger partial charge in [0.1, 0.15) is 0 Å². The molecule has 1 heterocycles. The molecule has 5 nitrogen and oxygen atoms in total. The van der Waals surface area contributed by atoms with E-state index in [0.717, 1.165) is 42.9 Å². The molecule has 0 aromatic carbocycles. The topological polar surface area (TPSA) is 58.5 Å². The molecule has 2 rings (SSSR count). The molecule has 2 N–H and O–H groups in total. The quantitative estimate of drug-likeness (QED) is 0.295. The maximum absolute atomic E-state index is 5.70. The van der Waals surface area contributed by atoms with Crippen LogP contribution >= 0.6 is 24.0 Å². The van der Waals surface area contributed by atoms with Gasteiger partial charge in [-0.1, -0.05) is 13.3 Å². The van der Waals surface area contributed by atoms with Crippen LogP contribution in [0, 0.1) is 5.92 Å². The van der Waals surface area contributed by atoms with E-state index in [9.17, 15) is 0 Å². The summed E-state index contributed by atoms with van der Waals surface area (Å²) in [6.07, 6.45) is 6.71. The minimum Gasteiger partial charge on any atom is -0.477 e. The van der Waals surface area contributed by atoms with Gasteiger partial charge in [-0.2, -0.15) is 0 Å². The van der Waals surface area contributed by atoms with Crippen molar-refractivity contribution in [3.05, 3.63) is 23.9 Å². The Morgan fingerprint density at radius 2 is 2.23 bits per heavy atom. The number of ether oxygens (including phenoxy) is 1. The Morgan fingerprint density at radius 1 is 1.41 bits per heavy atom. The zero-order chi connectivity index (χ0) is 14.9. The van der Waals surface area contributed by atoms with Gasteiger partial charge in [0.2, 0.25) is 5.88 Å². The Balaban J connectivity index is 0.00000242. The molecule has 0 aliphatic heterocycles. The van der Waals surface area contributed by atoms with Gasteiger partial charge in [-0.15, -0.1) is 24.0 Å². The summed E-state index contributed by atoms with van der Waals surface area (Å²) in [6, 6.07) is 3.99. The number of hydrogen-bond donors (Lipinski definition) is 2. The molecule has 0 amide bonds. The lowest BCUT2D eigenvalue weighted by atomic mass is 10.2. The normalized spacial score (nSPS) is 14.2. The van der Waals surface area contributed by atoms with Gasteiger partial charge in [0.25, 0.3) is 0 Å². The maximum atomic E-state index is 5.70. The Morgan fingerprint density at radius 3 is 2.91 bits per heavy atom. The third kappa shape index (κ3) is 7.29. The summed E-state index contributed by atoms with van der Waals surface area (Å²) in [5, 5.41) is 6.60. The van der Waals surface area contributed by atoms with Gasteiger partial charge in [0, 0.05) is 32.4 Å². The van der Waals surface area contributed by atoms with Crippen molar-refractivity contribution in [1.82, 2.24) is 15.6 Å². The molecule has 1 aliphatic rings. The molecule has 0 radical (unpaired) electrons. The summed E-state index contributed by atoms with van der Waals surface area (Å²) < 4.78 is 5.70. The summed E-state index contributed by atoms with van der Waals surface area (Å²) in [6.45, 7) is 4.64. The minimum atomic E-state index is 0. The highest BCUT2D eigenvalue weighted by atomic mass is 127. The van der Waals surface area contributed by atoms with E-state index in [0.29, 0.717) is 6.54 Å². The number of nitrogens with zero attached hydrogens (tertiary/aromatic N) is 2. The lowest BCUT2D eigenvalue weighted by Crippen LogP contribution is -2.37. The molecule has 124 valence electrons. The molecule has 0 bridgehead atoms. The van der Waals surface area contributed by atoms with Crippen molar-refractivity contribution in [3.8, 4) is 5.88 Å². The molecule has 1 fully saturated rings. The van der Waals surface area contributed by atoms with Crippen LogP contribution < -0.4 is 15.4 Å². The van der Waals surface area contributed by atoms with Crippen molar-refractivity contribution in [3.63, 3.8) is 0 Å². The predicted molar refractivity (Wildman–Crippen MR) is 101 cm³/mol. The fourth-order valence-corrected chi connectivity index (χ4v) is 1.92. The summed E-state index contributed by atoms with van der Waals surface area (Å²) in [5.74, 6) is 2.30. The second-order valence-corrected chi connectivity index (χ2v) is 5.46. The molecule has 1 saturated carbocycles. The van der Waals surface area contributed by atoms with Crippen molar-refractivity contribution in [2.45, 2.75) is 39.2 Å². The van der Waals surface area contributed by atoms with Crippen LogP contribution in [0.25, 0.3) is 0 Å². The van der Waals surface area contributed by atoms with Gasteiger partial charge in [-0.3, -0.25) is 4.99 Å². The van der Waals surface area contributed by atoms with Crippen molar-refractivity contribution in [2.24, 2.45) is 10.9 Å². The number of halogens is 1. The Bertz CT molecular complexity index is 463. The first kappa shape index (κ1) is 19.0. The number of hydrogen-bond acceptors (Lipinski definition) is 3. The number of aromatic nitrogens is 1. The average molecular weight is 418 g/mol. The largest absolute Gasteiger partial charge is 0.477 e. The highest BCUT2D eigenvalue weighted by molar-refractivity contribution is 14.0. The van der Waals surface area contributed by atoms with E-state index < -0.39 is 0 Å². The zero-order valence-corrected chi connectivity index (χ0v) is 15.8. The van der Waals surface area contributed by atoms with Crippen molar-refractivity contribution < 1.29 is 4.74 Å². The lowest BCUT2D eigenvalue weighted by molar-refractivity contribution is 0.288. The number of rotatable bonds is 8. The lowest BCUT2D eigenvalue weighted by Gasteiger charge is -2.12. The standard InChI is InChI=1S/C16H26N4O.HI/c1-3-4-8-19-16(17-2)20-11-14-7-9-18-15(10-14)21-12-13-5-6-13;/h7,9-10,13H,3-6,8,11-12H2,1-2H3,(H2,17,19,20);1H. The summed E-state index contributed by atoms with van der Waals surface area (Å²) in [5.41, 5.74) is 1.15. The van der Waals surface area contributed by atoms with Gasteiger partial charge >= 0.3 is 0 Å². The van der Waals surface area contributed by atoms with E-state index in [2.05, 4.69) is 27.5 Å². The number of pyridine rings is 1. The first-order chi connectivity index (χ1) is 10.3. The maximum Gasteiger partial charge on any atom is 0.213 e. The Hall–Kier alpha value is -1.05. The molecule has 1 aliphatic carbocycles. The van der Waals surface area contributed by atoms with Crippen LogP contribution in [0.3, 0.4) is 0 Å². The summed E-state index contributed by atoms with van der Waals surface area (Å²) >= 11 is 0. The van der Waals surface area contributed by atoms with Crippen LogP contribution in [0.1, 0.15) is 38.2 Å². The molecule has 22 heavy (non-hydrogen) atoms. The van der Waals surface area contributed by atoms with Gasteiger partial charge in [-0.05, 0) is 36.8 Å². The van der Waals surface area contributed by atoms with Crippen molar-refractivity contribution in [1.29, 1.82) is 0 Å². The number of aliphatic imine (C=N–C) groups is 1. The van der Waals surface area contributed by atoms with Crippen LogP contribution in [0.4, 0.5) is 0 Å². The van der Waals surface area contributed by atoms with E-state index in [1.807, 2.05) is 12.1 Å². The molecule has 0 saturated heterocycles. The number of guanidine groups is 1. The number of unbranched alkanes of at least 4 members (excludes halogenated alkanes) is 1. The van der Waals surface area contributed by atoms with Gasteiger partial charge in [0.15, 0.2) is 5.96 Å². The van der Waals surface area contributed by atoms with Crippen molar-refractivity contribution >= 4 is 29.9 Å². The second-order valence-electron chi connectivity index (χ2n) is 5.46. The predicted octanol–water partition coefficient (Wildman–Crippen LogP) is 2.95. The SMILES string of the molecule is CCCCNC(=NC)NCc1ccnc(OCC2CC2)c1.I. The van der Waals surface area contributed by atoms with E-state index in [1.165, 1.54) is 19.3 Å². The van der Waals surface area contributed by atoms with Crippen LogP contribution in [-0.2, 0) is 6.54 Å². The number of nitrogens with one attached hydrogen (secondary N) is 2. The smallest absolute Gasteiger partial charge is 0.213 e. The van der Waals surface area contributed by atoms with Gasteiger partial charge in [0.05, 0.1) is 6.61 Å². The third-order valence-corrected chi connectivity index (χ3v) is 3.47. The van der Waals surface area contributed by atoms with Crippen LogP contribution in [-0.4, -0.2) is 31.1 Å². The van der Waals surface area contributed by atoms with E-state index >= 15 is 0 Å². The minimum absolute atomic E-state index is 0. The highest BCUT2D eigenvalue weighted by Gasteiger charge is 2.22. The van der Waals surface area contributed by atoms with Gasteiger partial charge in [-0.25, -0.2) is 4.98 Å². The monoisotopic (exact) mass is 418 g/mol. The molecule has 0 spiro atoms. The fraction of sp³-hybridized carbons (Fsp3) is 0.625. The van der Waals surface area contributed by atoms with E-state index in [1.54, 1.807) is 13.2 Å². The third-order valence-electron chi connectivity index (χ3n) is 3.47.